The molecule has 2 aromatic rings. The highest BCUT2D eigenvalue weighted by Gasteiger charge is 2.28. The van der Waals surface area contributed by atoms with E-state index in [0.717, 1.165) is 26.1 Å². The van der Waals surface area contributed by atoms with Crippen LogP contribution in [0, 0.1) is 0 Å². The summed E-state index contributed by atoms with van der Waals surface area (Å²) >= 11 is 1.83. The zero-order valence-corrected chi connectivity index (χ0v) is 14.3. The molecular formula is C16H20ClN3O2S. The van der Waals surface area contributed by atoms with Gasteiger partial charge in [0.1, 0.15) is 0 Å². The zero-order chi connectivity index (χ0) is 14.9. The molecule has 2 N–H and O–H groups in total. The second-order valence-electron chi connectivity index (χ2n) is 5.71. The van der Waals surface area contributed by atoms with Crippen molar-refractivity contribution in [2.75, 3.05) is 26.3 Å². The molecule has 1 aromatic heterocycles. The molecule has 0 bridgehead atoms. The number of fused-ring (bicyclic) bond motifs is 3. The highest BCUT2D eigenvalue weighted by Crippen LogP contribution is 2.34. The summed E-state index contributed by atoms with van der Waals surface area (Å²) in [6.07, 6.45) is 0.759. The number of carbonyl (C=O) groups excluding carboxylic acids is 1. The summed E-state index contributed by atoms with van der Waals surface area (Å²) in [5.74, 6) is 0.0582. The predicted octanol–water partition coefficient (Wildman–Crippen LogP) is 1.70. The molecule has 0 aliphatic carbocycles. The monoisotopic (exact) mass is 353 g/mol. The van der Waals surface area contributed by atoms with Gasteiger partial charge in [-0.05, 0) is 23.4 Å². The van der Waals surface area contributed by atoms with Gasteiger partial charge in [0.25, 0.3) is 5.91 Å². The van der Waals surface area contributed by atoms with Crippen LogP contribution in [0.4, 0.5) is 0 Å². The molecule has 23 heavy (non-hydrogen) atoms. The molecule has 0 unspecified atom stereocenters. The van der Waals surface area contributed by atoms with E-state index in [-0.39, 0.29) is 24.4 Å². The number of hydrazine groups is 1. The summed E-state index contributed by atoms with van der Waals surface area (Å²) in [7, 11) is 0. The Kier molecular flexibility index (Phi) is 5.18. The fourth-order valence-electron chi connectivity index (χ4n) is 3.10. The van der Waals surface area contributed by atoms with E-state index in [1.165, 1.54) is 20.5 Å². The molecule has 0 radical (unpaired) electrons. The molecule has 5 nitrogen and oxygen atoms in total. The van der Waals surface area contributed by atoms with Crippen LogP contribution < -0.4 is 10.7 Å². The van der Waals surface area contributed by atoms with Gasteiger partial charge in [-0.2, -0.15) is 0 Å². The number of halogens is 1. The van der Waals surface area contributed by atoms with Gasteiger partial charge in [-0.3, -0.25) is 10.2 Å². The van der Waals surface area contributed by atoms with Crippen molar-refractivity contribution >= 4 is 39.7 Å². The lowest BCUT2D eigenvalue weighted by Crippen LogP contribution is -2.55. The minimum Gasteiger partial charge on any atom is -0.379 e. The van der Waals surface area contributed by atoms with Crippen LogP contribution in [-0.4, -0.2) is 43.3 Å². The Morgan fingerprint density at radius 2 is 2.09 bits per heavy atom. The largest absolute Gasteiger partial charge is 0.379 e. The van der Waals surface area contributed by atoms with Gasteiger partial charge in [0, 0.05) is 29.2 Å². The molecule has 0 spiro atoms. The zero-order valence-electron chi connectivity index (χ0n) is 12.7. The Morgan fingerprint density at radius 3 is 2.91 bits per heavy atom. The Hall–Kier alpha value is -1.18. The van der Waals surface area contributed by atoms with E-state index in [1.807, 2.05) is 16.3 Å². The maximum Gasteiger partial charge on any atom is 0.251 e. The topological polar surface area (TPSA) is 53.6 Å². The van der Waals surface area contributed by atoms with Gasteiger partial charge < -0.3 is 10.1 Å². The van der Waals surface area contributed by atoms with Gasteiger partial charge in [-0.1, -0.05) is 18.2 Å². The average Bonchev–Trinajstić information content (AvgIpc) is 2.93. The van der Waals surface area contributed by atoms with Crippen molar-refractivity contribution in [3.05, 3.63) is 34.7 Å². The van der Waals surface area contributed by atoms with Crippen molar-refractivity contribution in [1.29, 1.82) is 0 Å². The van der Waals surface area contributed by atoms with Crippen molar-refractivity contribution in [2.45, 2.75) is 19.0 Å². The van der Waals surface area contributed by atoms with E-state index >= 15 is 0 Å². The molecule has 4 rings (SSSR count). The van der Waals surface area contributed by atoms with E-state index in [0.29, 0.717) is 13.2 Å². The number of nitrogens with one attached hydrogen (secondary N) is 2. The molecule has 1 aromatic carbocycles. The molecule has 3 heterocycles. The highest BCUT2D eigenvalue weighted by molar-refractivity contribution is 7.19. The van der Waals surface area contributed by atoms with Crippen LogP contribution in [0.15, 0.2) is 24.3 Å². The fourth-order valence-corrected chi connectivity index (χ4v) is 4.29. The van der Waals surface area contributed by atoms with Crippen LogP contribution in [0.2, 0.25) is 0 Å². The first-order valence-corrected chi connectivity index (χ1v) is 8.49. The molecular weight excluding hydrogens is 334 g/mol. The van der Waals surface area contributed by atoms with Crippen molar-refractivity contribution in [3.63, 3.8) is 0 Å². The van der Waals surface area contributed by atoms with Gasteiger partial charge in [0.05, 0.1) is 19.3 Å². The van der Waals surface area contributed by atoms with Crippen LogP contribution in [0.5, 0.6) is 0 Å². The van der Waals surface area contributed by atoms with Gasteiger partial charge in [0.15, 0.2) is 0 Å². The van der Waals surface area contributed by atoms with Crippen molar-refractivity contribution in [3.8, 4) is 0 Å². The molecule has 2 aliphatic rings. The summed E-state index contributed by atoms with van der Waals surface area (Å²) < 4.78 is 6.61. The molecule has 1 atom stereocenters. The lowest BCUT2D eigenvalue weighted by Gasteiger charge is -2.30. The first-order valence-electron chi connectivity index (χ1n) is 7.67. The lowest BCUT2D eigenvalue weighted by molar-refractivity contribution is -0.130. The highest BCUT2D eigenvalue weighted by atomic mass is 35.5. The van der Waals surface area contributed by atoms with Crippen LogP contribution in [0.25, 0.3) is 10.1 Å². The lowest BCUT2D eigenvalue weighted by atomic mass is 9.98. The Bertz CT molecular complexity index is 700. The number of benzene rings is 1. The minimum atomic E-state index is -0.159. The maximum absolute atomic E-state index is 12.5. The molecule has 1 amide bonds. The molecule has 1 fully saturated rings. The molecule has 1 saturated heterocycles. The molecule has 124 valence electrons. The predicted molar refractivity (Wildman–Crippen MR) is 93.9 cm³/mol. The summed E-state index contributed by atoms with van der Waals surface area (Å²) in [4.78, 5) is 13.8. The van der Waals surface area contributed by atoms with Crippen LogP contribution in [0.3, 0.4) is 0 Å². The van der Waals surface area contributed by atoms with Crippen LogP contribution >= 0.6 is 23.7 Å². The normalized spacial score (nSPS) is 21.5. The quantitative estimate of drug-likeness (QED) is 0.863. The Labute approximate surface area is 145 Å². The fraction of sp³-hybridized carbons (Fsp3) is 0.438. The smallest absolute Gasteiger partial charge is 0.251 e. The van der Waals surface area contributed by atoms with E-state index in [9.17, 15) is 4.79 Å². The number of hydrogen-bond acceptors (Lipinski definition) is 5. The third kappa shape index (κ3) is 3.36. The maximum atomic E-state index is 12.5. The van der Waals surface area contributed by atoms with Crippen molar-refractivity contribution < 1.29 is 9.53 Å². The first kappa shape index (κ1) is 16.7. The van der Waals surface area contributed by atoms with Gasteiger partial charge in [-0.15, -0.1) is 23.7 Å². The number of rotatable bonds is 2. The summed E-state index contributed by atoms with van der Waals surface area (Å²) in [5.41, 5.74) is 4.35. The van der Waals surface area contributed by atoms with Crippen molar-refractivity contribution in [2.24, 2.45) is 0 Å². The van der Waals surface area contributed by atoms with Crippen molar-refractivity contribution in [1.82, 2.24) is 15.8 Å². The minimum absolute atomic E-state index is 0. The number of thiophene rings is 1. The summed E-state index contributed by atoms with van der Waals surface area (Å²) in [5, 5.41) is 6.62. The Morgan fingerprint density at radius 1 is 1.30 bits per heavy atom. The van der Waals surface area contributed by atoms with E-state index in [4.69, 9.17) is 4.74 Å². The standard InChI is InChI=1S/C16H19N3O2S.ClH/c20-16(18-19-5-7-21-8-6-19)13-9-12-11-3-1-2-4-14(11)22-15(12)10-17-13;/h1-4,13,17H,5-10H2,(H,18,20);1H/t13-;/m1./s1. The summed E-state index contributed by atoms with van der Waals surface area (Å²) in [6.45, 7) is 3.64. The van der Waals surface area contributed by atoms with E-state index < -0.39 is 0 Å². The Balaban J connectivity index is 0.00000156. The van der Waals surface area contributed by atoms with Gasteiger partial charge in [0.2, 0.25) is 0 Å². The van der Waals surface area contributed by atoms with Gasteiger partial charge in [-0.25, -0.2) is 5.01 Å². The second-order valence-corrected chi connectivity index (χ2v) is 6.85. The number of morpholine rings is 1. The SMILES string of the molecule is Cl.O=C(NN1CCOCC1)[C@H]1Cc2c(sc3ccccc23)CN1. The van der Waals surface area contributed by atoms with Gasteiger partial charge >= 0.3 is 0 Å². The molecule has 2 aliphatic heterocycles. The average molecular weight is 354 g/mol. The first-order chi connectivity index (χ1) is 10.8. The van der Waals surface area contributed by atoms with E-state index in [1.54, 1.807) is 0 Å². The molecule has 0 saturated carbocycles. The third-order valence-corrected chi connectivity index (χ3v) is 5.51. The second kappa shape index (κ2) is 7.15. The van der Waals surface area contributed by atoms with E-state index in [2.05, 4.69) is 35.0 Å². The number of amides is 1. The number of carbonyl (C=O) groups is 1. The number of nitrogens with zero attached hydrogens (tertiary/aromatic N) is 1. The summed E-state index contributed by atoms with van der Waals surface area (Å²) in [6, 6.07) is 8.29. The van der Waals surface area contributed by atoms with Crippen LogP contribution in [0.1, 0.15) is 10.4 Å². The number of hydrogen-bond donors (Lipinski definition) is 2. The number of ether oxygens (including phenoxy) is 1. The third-order valence-electron chi connectivity index (χ3n) is 4.30. The van der Waals surface area contributed by atoms with Crippen LogP contribution in [-0.2, 0) is 22.5 Å². The molecule has 7 heteroatoms.